The predicted octanol–water partition coefficient (Wildman–Crippen LogP) is 6.50. The minimum atomic E-state index is 0.0173. The highest BCUT2D eigenvalue weighted by Gasteiger charge is 2.29. The molecule has 0 bridgehead atoms. The topological polar surface area (TPSA) is 20.2 Å². The summed E-state index contributed by atoms with van der Waals surface area (Å²) in [5.41, 5.74) is 3.67. The lowest BCUT2D eigenvalue weighted by molar-refractivity contribution is 0.399. The van der Waals surface area contributed by atoms with Gasteiger partial charge in [-0.05, 0) is 42.1 Å². The van der Waals surface area contributed by atoms with Crippen LogP contribution in [0.15, 0.2) is 12.1 Å². The van der Waals surface area contributed by atoms with Crippen molar-refractivity contribution in [3.05, 3.63) is 28.8 Å². The van der Waals surface area contributed by atoms with E-state index in [0.717, 1.165) is 30.4 Å². The maximum Gasteiger partial charge on any atom is 0.123 e. The third kappa shape index (κ3) is 4.27. The smallest absolute Gasteiger partial charge is 0.123 e. The first-order valence-electron chi connectivity index (χ1n) is 9.06. The fraction of sp³-hybridized carbons (Fsp3) is 0.714. The van der Waals surface area contributed by atoms with Gasteiger partial charge in [0.2, 0.25) is 0 Å². The monoisotopic (exact) mass is 304 g/mol. The van der Waals surface area contributed by atoms with Gasteiger partial charge in [-0.25, -0.2) is 0 Å². The van der Waals surface area contributed by atoms with Gasteiger partial charge in [0.05, 0.1) is 0 Å². The molecule has 0 radical (unpaired) electrons. The van der Waals surface area contributed by atoms with E-state index in [4.69, 9.17) is 0 Å². The van der Waals surface area contributed by atoms with Gasteiger partial charge in [-0.1, -0.05) is 73.4 Å². The average molecular weight is 305 g/mol. The van der Waals surface area contributed by atoms with Crippen LogP contribution >= 0.6 is 0 Å². The van der Waals surface area contributed by atoms with Crippen LogP contribution in [0.1, 0.15) is 97.3 Å². The number of benzene rings is 1. The highest BCUT2D eigenvalue weighted by Crippen LogP contribution is 2.42. The first kappa shape index (κ1) is 19.1. The first-order valence-corrected chi connectivity index (χ1v) is 9.06. The first-order chi connectivity index (χ1) is 10.2. The molecule has 0 aromatic heterocycles. The van der Waals surface area contributed by atoms with Gasteiger partial charge < -0.3 is 5.11 Å². The minimum Gasteiger partial charge on any atom is -0.507 e. The molecule has 0 amide bonds. The van der Waals surface area contributed by atoms with E-state index in [2.05, 4.69) is 60.6 Å². The zero-order valence-corrected chi connectivity index (χ0v) is 15.8. The SMILES string of the molecule is CCCCCc1cc(C(C)(C)CC)c(O)c(C(C)(C)CC)c1. The summed E-state index contributed by atoms with van der Waals surface area (Å²) in [5, 5.41) is 10.9. The summed E-state index contributed by atoms with van der Waals surface area (Å²) >= 11 is 0. The molecule has 1 aromatic rings. The molecule has 1 nitrogen and oxygen atoms in total. The summed E-state index contributed by atoms with van der Waals surface area (Å²) in [7, 11) is 0. The summed E-state index contributed by atoms with van der Waals surface area (Å²) < 4.78 is 0. The Hall–Kier alpha value is -0.980. The van der Waals surface area contributed by atoms with Crippen LogP contribution in [0.2, 0.25) is 0 Å². The molecule has 0 fully saturated rings. The Balaban J connectivity index is 3.37. The molecular weight excluding hydrogens is 268 g/mol. The van der Waals surface area contributed by atoms with Gasteiger partial charge in [0.1, 0.15) is 5.75 Å². The lowest BCUT2D eigenvalue weighted by Crippen LogP contribution is -2.21. The predicted molar refractivity (Wildman–Crippen MR) is 98.0 cm³/mol. The van der Waals surface area contributed by atoms with E-state index in [1.165, 1.54) is 24.8 Å². The molecule has 1 N–H and O–H groups in total. The van der Waals surface area contributed by atoms with E-state index in [9.17, 15) is 5.11 Å². The largest absolute Gasteiger partial charge is 0.507 e. The summed E-state index contributed by atoms with van der Waals surface area (Å²) in [6, 6.07) is 4.51. The molecule has 0 aliphatic heterocycles. The lowest BCUT2D eigenvalue weighted by atomic mass is 9.74. The van der Waals surface area contributed by atoms with Gasteiger partial charge in [0.25, 0.3) is 0 Å². The standard InChI is InChI=1S/C21H36O/c1-8-11-12-13-16-14-17(20(4,5)9-2)19(22)18(15-16)21(6,7)10-3/h14-15,22H,8-13H2,1-7H3. The van der Waals surface area contributed by atoms with Gasteiger partial charge >= 0.3 is 0 Å². The molecule has 0 unspecified atom stereocenters. The van der Waals surface area contributed by atoms with Gasteiger partial charge in [-0.3, -0.25) is 0 Å². The van der Waals surface area contributed by atoms with Crippen LogP contribution in [0.25, 0.3) is 0 Å². The summed E-state index contributed by atoms with van der Waals surface area (Å²) in [6.07, 6.45) is 6.95. The van der Waals surface area contributed by atoms with E-state index >= 15 is 0 Å². The molecule has 1 aromatic carbocycles. The maximum atomic E-state index is 10.9. The van der Waals surface area contributed by atoms with E-state index in [1.807, 2.05) is 0 Å². The van der Waals surface area contributed by atoms with Crippen molar-refractivity contribution in [2.75, 3.05) is 0 Å². The summed E-state index contributed by atoms with van der Waals surface area (Å²) in [4.78, 5) is 0. The second-order valence-corrected chi connectivity index (χ2v) is 7.97. The number of rotatable bonds is 8. The third-order valence-corrected chi connectivity index (χ3v) is 5.46. The van der Waals surface area contributed by atoms with E-state index in [1.54, 1.807) is 0 Å². The van der Waals surface area contributed by atoms with Crippen LogP contribution in [-0.2, 0) is 17.3 Å². The molecule has 0 saturated carbocycles. The van der Waals surface area contributed by atoms with Crippen LogP contribution in [0, 0.1) is 0 Å². The molecule has 0 atom stereocenters. The molecule has 0 spiro atoms. The van der Waals surface area contributed by atoms with Crippen molar-refractivity contribution in [2.45, 2.75) is 97.8 Å². The zero-order chi connectivity index (χ0) is 17.0. The van der Waals surface area contributed by atoms with Crippen LogP contribution < -0.4 is 0 Å². The summed E-state index contributed by atoms with van der Waals surface area (Å²) in [5.74, 6) is 0.526. The van der Waals surface area contributed by atoms with Crippen molar-refractivity contribution in [1.82, 2.24) is 0 Å². The fourth-order valence-corrected chi connectivity index (χ4v) is 2.83. The number of hydrogen-bond donors (Lipinski definition) is 1. The van der Waals surface area contributed by atoms with E-state index < -0.39 is 0 Å². The Kier molecular flexibility index (Phi) is 6.52. The molecular formula is C21H36O. The normalized spacial score (nSPS) is 12.7. The molecule has 0 aliphatic rings. The highest BCUT2D eigenvalue weighted by atomic mass is 16.3. The Morgan fingerprint density at radius 2 is 1.27 bits per heavy atom. The number of aryl methyl sites for hydroxylation is 1. The molecule has 0 heterocycles. The molecule has 0 saturated heterocycles. The number of hydrogen-bond acceptors (Lipinski definition) is 1. The molecule has 126 valence electrons. The second-order valence-electron chi connectivity index (χ2n) is 7.97. The minimum absolute atomic E-state index is 0.0173. The van der Waals surface area contributed by atoms with E-state index in [-0.39, 0.29) is 10.8 Å². The number of aromatic hydroxyl groups is 1. The molecule has 1 heteroatoms. The Bertz CT molecular complexity index is 446. The maximum absolute atomic E-state index is 10.9. The van der Waals surface area contributed by atoms with E-state index in [0.29, 0.717) is 5.75 Å². The summed E-state index contributed by atoms with van der Waals surface area (Å²) in [6.45, 7) is 15.6. The zero-order valence-electron chi connectivity index (χ0n) is 15.8. The van der Waals surface area contributed by atoms with Crippen molar-refractivity contribution in [2.24, 2.45) is 0 Å². The van der Waals surface area contributed by atoms with Gasteiger partial charge in [0, 0.05) is 11.1 Å². The van der Waals surface area contributed by atoms with Crippen LogP contribution in [0.5, 0.6) is 5.75 Å². The van der Waals surface area contributed by atoms with Crippen LogP contribution in [0.4, 0.5) is 0 Å². The highest BCUT2D eigenvalue weighted by molar-refractivity contribution is 5.50. The molecule has 1 rings (SSSR count). The van der Waals surface area contributed by atoms with Gasteiger partial charge in [-0.2, -0.15) is 0 Å². The van der Waals surface area contributed by atoms with Crippen molar-refractivity contribution in [1.29, 1.82) is 0 Å². The van der Waals surface area contributed by atoms with Crippen LogP contribution in [-0.4, -0.2) is 5.11 Å². The van der Waals surface area contributed by atoms with Gasteiger partial charge in [-0.15, -0.1) is 0 Å². The number of phenols is 1. The number of phenolic OH excluding ortho intramolecular Hbond substituents is 1. The van der Waals surface area contributed by atoms with Crippen molar-refractivity contribution in [3.8, 4) is 5.75 Å². The molecule has 22 heavy (non-hydrogen) atoms. The second kappa shape index (κ2) is 7.53. The quantitative estimate of drug-likeness (QED) is 0.543. The Labute approximate surface area is 138 Å². The third-order valence-electron chi connectivity index (χ3n) is 5.46. The van der Waals surface area contributed by atoms with Crippen molar-refractivity contribution in [3.63, 3.8) is 0 Å². The Morgan fingerprint density at radius 1 is 0.818 bits per heavy atom. The average Bonchev–Trinajstić information content (AvgIpc) is 2.48. The lowest BCUT2D eigenvalue weighted by Gasteiger charge is -2.31. The fourth-order valence-electron chi connectivity index (χ4n) is 2.83. The number of unbranched alkanes of at least 4 members (excludes halogenated alkanes) is 2. The Morgan fingerprint density at radius 3 is 1.64 bits per heavy atom. The van der Waals surface area contributed by atoms with Gasteiger partial charge in [0.15, 0.2) is 0 Å². The van der Waals surface area contributed by atoms with Crippen molar-refractivity contribution < 1.29 is 5.11 Å². The molecule has 0 aliphatic carbocycles. The van der Waals surface area contributed by atoms with Crippen molar-refractivity contribution >= 4 is 0 Å². The van der Waals surface area contributed by atoms with Crippen LogP contribution in [0.3, 0.4) is 0 Å².